The molecule has 2 aromatic heterocycles. The molecular weight excluding hydrogens is 605 g/mol. The first kappa shape index (κ1) is 34.2. The Balaban J connectivity index is 1.60. The maximum atomic E-state index is 15.9. The summed E-state index contributed by atoms with van der Waals surface area (Å²) in [6.45, 7) is 10.4. The zero-order chi connectivity index (χ0) is 33.3. The van der Waals surface area contributed by atoms with Crippen molar-refractivity contribution in [3.8, 4) is 22.5 Å². The number of tetrazole rings is 1. The van der Waals surface area contributed by atoms with E-state index in [1.165, 1.54) is 30.0 Å². The normalized spacial score (nSPS) is 34.6. The second-order valence-corrected chi connectivity index (χ2v) is 13.2. The van der Waals surface area contributed by atoms with Crippen LogP contribution >= 0.6 is 11.3 Å². The predicted molar refractivity (Wildman–Crippen MR) is 160 cm³/mol. The molecule has 0 aliphatic carbocycles. The molecule has 0 aromatic carbocycles. The van der Waals surface area contributed by atoms with E-state index in [1.807, 2.05) is 12.1 Å². The number of hydrogen-bond acceptors (Lipinski definition) is 11. The van der Waals surface area contributed by atoms with E-state index < -0.39 is 64.6 Å². The lowest BCUT2D eigenvalue weighted by molar-refractivity contribution is -0.179. The maximum absolute atomic E-state index is 15.9. The summed E-state index contributed by atoms with van der Waals surface area (Å²) in [6.07, 6.45) is 1.28. The molecule has 1 N–H and O–H groups in total. The van der Waals surface area contributed by atoms with Gasteiger partial charge < -0.3 is 19.5 Å². The van der Waals surface area contributed by atoms with E-state index in [-0.39, 0.29) is 25.2 Å². The van der Waals surface area contributed by atoms with Gasteiger partial charge in [0.15, 0.2) is 11.4 Å². The number of amides is 1. The number of halogens is 1. The van der Waals surface area contributed by atoms with Crippen molar-refractivity contribution in [3.05, 3.63) is 23.4 Å². The third-order valence-corrected chi connectivity index (χ3v) is 9.36. The van der Waals surface area contributed by atoms with Crippen LogP contribution in [0.2, 0.25) is 0 Å². The number of carbonyl (C=O) groups is 4. The number of esters is 1. The number of nitrogens with one attached hydrogen (secondary N) is 1. The zero-order valence-electron chi connectivity index (χ0n) is 26.6. The Hall–Kier alpha value is -3.70. The summed E-state index contributed by atoms with van der Waals surface area (Å²) in [5.41, 5.74) is -5.88. The number of carbonyl (C=O) groups excluding carboxylic acids is 4. The molecular formula is C31H38FN5O7S. The lowest BCUT2D eigenvalue weighted by Gasteiger charge is -2.40. The molecule has 2 radical (unpaired) electrons. The standard InChI is InChI=1S/C31H38FN5O7S/c1-9-22-31(7)24(33-28(41)44-31)19(4)23(38)17(2)15-29(5,16-18(3)25(39)30(6,32)27(40)43-22)42-14-10-11-20-12-13-21(45-20)26-34-36-37(8)35-26/h12-13,17-19,22,24H,9,14-15H2,1-8H3,(H,33,41)/t17-,18-,19+,22-,24-,29-,30+,31-/m1/s1. The number of aryl methyl sites for hydroxylation is 1. The SMILES string of the molecule is CC[C@H]1OC(=O)[C@@](C)(F)C(=O)[C@H](C)[C][C@](C)(OCC#Cc2ccc(-c3nnn(C)n3)s2)C[C@@H](C)C(=O)[C@H](C)[C@H]2NC(=O)O[C@@]21C. The number of cyclic esters (lactones) is 1. The van der Waals surface area contributed by atoms with Crippen LogP contribution in [0.5, 0.6) is 0 Å². The van der Waals surface area contributed by atoms with Crippen LogP contribution in [0.15, 0.2) is 12.1 Å². The third-order valence-electron chi connectivity index (χ3n) is 8.36. The highest BCUT2D eigenvalue weighted by atomic mass is 32.1. The highest BCUT2D eigenvalue weighted by Gasteiger charge is 2.57. The summed E-state index contributed by atoms with van der Waals surface area (Å²) in [5, 5.41) is 14.7. The average molecular weight is 644 g/mol. The van der Waals surface area contributed by atoms with E-state index in [4.69, 9.17) is 14.2 Å². The van der Waals surface area contributed by atoms with Crippen LogP contribution in [-0.4, -0.2) is 79.5 Å². The summed E-state index contributed by atoms with van der Waals surface area (Å²) in [4.78, 5) is 55.5. The van der Waals surface area contributed by atoms with Gasteiger partial charge in [-0.1, -0.05) is 39.5 Å². The van der Waals surface area contributed by atoms with E-state index in [1.54, 1.807) is 34.7 Å². The molecule has 2 aliphatic rings. The van der Waals surface area contributed by atoms with Gasteiger partial charge in [-0.15, -0.1) is 21.5 Å². The molecule has 2 saturated heterocycles. The van der Waals surface area contributed by atoms with Gasteiger partial charge >= 0.3 is 12.1 Å². The van der Waals surface area contributed by atoms with Crippen molar-refractivity contribution in [1.29, 1.82) is 0 Å². The van der Waals surface area contributed by atoms with Gasteiger partial charge in [0.05, 0.1) is 28.4 Å². The molecule has 0 saturated carbocycles. The first-order valence-corrected chi connectivity index (χ1v) is 15.5. The van der Waals surface area contributed by atoms with Gasteiger partial charge in [-0.25, -0.2) is 14.0 Å². The predicted octanol–water partition coefficient (Wildman–Crippen LogP) is 3.51. The van der Waals surface area contributed by atoms with Crippen LogP contribution in [0.3, 0.4) is 0 Å². The summed E-state index contributed by atoms with van der Waals surface area (Å²) < 4.78 is 33.1. The van der Waals surface area contributed by atoms with Crippen molar-refractivity contribution in [2.24, 2.45) is 24.8 Å². The molecule has 4 rings (SSSR count). The van der Waals surface area contributed by atoms with Gasteiger partial charge in [0.2, 0.25) is 5.82 Å². The fraction of sp³-hybridized carbons (Fsp3) is 0.613. The number of fused-ring (bicyclic) bond motifs is 1. The smallest absolute Gasteiger partial charge is 0.408 e. The van der Waals surface area contributed by atoms with Gasteiger partial charge in [0.25, 0.3) is 5.67 Å². The van der Waals surface area contributed by atoms with Crippen molar-refractivity contribution in [1.82, 2.24) is 25.5 Å². The highest BCUT2D eigenvalue weighted by Crippen LogP contribution is 2.39. The molecule has 1 amide bonds. The number of hydrogen-bond donors (Lipinski definition) is 1. The molecule has 8 atom stereocenters. The van der Waals surface area contributed by atoms with E-state index in [9.17, 15) is 19.2 Å². The number of aromatic nitrogens is 4. The number of ketones is 2. The lowest BCUT2D eigenvalue weighted by Crippen LogP contribution is -2.58. The minimum atomic E-state index is -3.03. The van der Waals surface area contributed by atoms with Crippen molar-refractivity contribution in [2.45, 2.75) is 90.3 Å². The second-order valence-electron chi connectivity index (χ2n) is 12.1. The molecule has 242 valence electrons. The van der Waals surface area contributed by atoms with Crippen molar-refractivity contribution < 1.29 is 37.8 Å². The van der Waals surface area contributed by atoms with Gasteiger partial charge in [-0.3, -0.25) is 9.59 Å². The van der Waals surface area contributed by atoms with E-state index in [0.29, 0.717) is 5.82 Å². The Bertz CT molecular complexity index is 1530. The molecule has 2 aliphatic heterocycles. The minimum Gasteiger partial charge on any atom is -0.455 e. The average Bonchev–Trinajstić information content (AvgIpc) is 3.70. The number of thiophene rings is 1. The summed E-state index contributed by atoms with van der Waals surface area (Å²) in [5.74, 6) is 1.08. The monoisotopic (exact) mass is 643 g/mol. The molecule has 4 heterocycles. The van der Waals surface area contributed by atoms with Crippen LogP contribution in [0, 0.1) is 36.0 Å². The van der Waals surface area contributed by atoms with Crippen molar-refractivity contribution in [3.63, 3.8) is 0 Å². The number of Topliss-reactive ketones (excluding diaryl/α,β-unsaturated/α-hetero) is 2. The van der Waals surface area contributed by atoms with Crippen LogP contribution < -0.4 is 5.32 Å². The Labute approximate surface area is 265 Å². The number of rotatable bonds is 4. The first-order valence-electron chi connectivity index (χ1n) is 14.7. The second kappa shape index (κ2) is 13.0. The Morgan fingerprint density at radius 1 is 1.20 bits per heavy atom. The summed E-state index contributed by atoms with van der Waals surface area (Å²) in [6, 6.07) is 2.76. The van der Waals surface area contributed by atoms with Gasteiger partial charge in [0, 0.05) is 24.2 Å². The molecule has 0 spiro atoms. The largest absolute Gasteiger partial charge is 0.455 e. The number of alkyl halides is 1. The Morgan fingerprint density at radius 2 is 1.91 bits per heavy atom. The summed E-state index contributed by atoms with van der Waals surface area (Å²) >= 11 is 1.38. The van der Waals surface area contributed by atoms with Crippen LogP contribution in [-0.2, 0) is 35.6 Å². The fourth-order valence-corrected chi connectivity index (χ4v) is 6.82. The molecule has 2 aromatic rings. The van der Waals surface area contributed by atoms with Gasteiger partial charge in [0.1, 0.15) is 18.5 Å². The fourth-order valence-electron chi connectivity index (χ4n) is 6.01. The molecule has 0 unspecified atom stereocenters. The third kappa shape index (κ3) is 7.09. The van der Waals surface area contributed by atoms with Crippen LogP contribution in [0.4, 0.5) is 9.18 Å². The topological polar surface area (TPSA) is 152 Å². The minimum absolute atomic E-state index is 0.0693. The van der Waals surface area contributed by atoms with E-state index in [2.05, 4.69) is 39.0 Å². The quantitative estimate of drug-likeness (QED) is 0.298. The van der Waals surface area contributed by atoms with Gasteiger partial charge in [-0.05, 0) is 51.0 Å². The molecule has 2 fully saturated rings. The first-order chi connectivity index (χ1) is 21.0. The zero-order valence-corrected chi connectivity index (χ0v) is 27.4. The molecule has 12 nitrogen and oxygen atoms in total. The number of nitrogens with zero attached hydrogens (tertiary/aromatic N) is 4. The number of alkyl carbamates (subject to hydrolysis) is 1. The van der Waals surface area contributed by atoms with Crippen LogP contribution in [0.1, 0.15) is 66.2 Å². The summed E-state index contributed by atoms with van der Waals surface area (Å²) in [7, 11) is 1.67. The van der Waals surface area contributed by atoms with E-state index >= 15 is 4.39 Å². The number of ether oxygens (including phenoxy) is 3. The van der Waals surface area contributed by atoms with E-state index in [0.717, 1.165) is 16.7 Å². The van der Waals surface area contributed by atoms with Crippen molar-refractivity contribution in [2.75, 3.05) is 6.61 Å². The Morgan fingerprint density at radius 3 is 2.56 bits per heavy atom. The molecule has 14 heteroatoms. The van der Waals surface area contributed by atoms with Crippen LogP contribution in [0.25, 0.3) is 10.7 Å². The van der Waals surface area contributed by atoms with Gasteiger partial charge in [-0.2, -0.15) is 4.80 Å². The highest BCUT2D eigenvalue weighted by molar-refractivity contribution is 7.15. The maximum Gasteiger partial charge on any atom is 0.408 e. The van der Waals surface area contributed by atoms with Crippen molar-refractivity contribution >= 4 is 35.0 Å². The molecule has 45 heavy (non-hydrogen) atoms. The Kier molecular flexibility index (Phi) is 9.84. The molecule has 0 bridgehead atoms. The lowest BCUT2D eigenvalue weighted by atomic mass is 9.74.